The van der Waals surface area contributed by atoms with E-state index in [-0.39, 0.29) is 6.61 Å². The lowest BCUT2D eigenvalue weighted by Gasteiger charge is -2.44. The third-order valence-corrected chi connectivity index (χ3v) is 9.42. The lowest BCUT2D eigenvalue weighted by Crippen LogP contribution is -2.45. The van der Waals surface area contributed by atoms with Crippen LogP contribution in [0, 0.1) is 23.2 Å². The Balaban J connectivity index is 1.65. The van der Waals surface area contributed by atoms with Gasteiger partial charge in [-0.1, -0.05) is 51.0 Å². The van der Waals surface area contributed by atoms with Crippen molar-refractivity contribution in [3.05, 3.63) is 35.5 Å². The van der Waals surface area contributed by atoms with Crippen molar-refractivity contribution in [2.24, 2.45) is 23.2 Å². The molecule has 0 heterocycles. The molecule has 3 fully saturated rings. The maximum absolute atomic E-state index is 10.8. The first-order valence-corrected chi connectivity index (χ1v) is 14.4. The predicted molar refractivity (Wildman–Crippen MR) is 145 cm³/mol. The number of allylic oxidation sites excluding steroid dienone is 3. The molecule has 5 heteroatoms. The summed E-state index contributed by atoms with van der Waals surface area (Å²) in [6, 6.07) is 0. The van der Waals surface area contributed by atoms with Crippen molar-refractivity contribution in [3.8, 4) is 0 Å². The minimum Gasteiger partial charge on any atom is -0.396 e. The molecule has 0 aromatic carbocycles. The maximum Gasteiger partial charge on any atom is 0.114 e. The first-order chi connectivity index (χ1) is 17.0. The van der Waals surface area contributed by atoms with Crippen LogP contribution in [0.2, 0.25) is 0 Å². The van der Waals surface area contributed by atoms with Crippen LogP contribution in [0.25, 0.3) is 0 Å². The second-order valence-corrected chi connectivity index (χ2v) is 12.7. The average Bonchev–Trinajstić information content (AvgIpc) is 3.16. The number of rotatable bonds is 11. The topological polar surface area (TPSA) is 90.2 Å². The molecular formula is C31H52O5. The Morgan fingerprint density at radius 2 is 1.92 bits per heavy atom. The zero-order chi connectivity index (χ0) is 26.5. The van der Waals surface area contributed by atoms with Crippen LogP contribution in [0.4, 0.5) is 0 Å². The molecule has 0 bridgehead atoms. The van der Waals surface area contributed by atoms with Gasteiger partial charge in [0.05, 0.1) is 11.7 Å². The SMILES string of the molecule is C=C1/C(=C\C=C2/CCC[C@@]3(C)[C@@H]2CC[C@@H]3[C@H](C)CCCC(C)(C)O)C[C@@H](O)[C@@H](OCCCCO)[C@@H]1O. The van der Waals surface area contributed by atoms with Crippen LogP contribution in [-0.2, 0) is 4.74 Å². The highest BCUT2D eigenvalue weighted by Crippen LogP contribution is 2.60. The fraction of sp³-hybridized carbons (Fsp3) is 0.806. The summed E-state index contributed by atoms with van der Waals surface area (Å²) in [6.07, 6.45) is 13.1. The van der Waals surface area contributed by atoms with E-state index in [2.05, 4.69) is 32.6 Å². The molecule has 36 heavy (non-hydrogen) atoms. The highest BCUT2D eigenvalue weighted by atomic mass is 16.5. The number of hydrogen-bond acceptors (Lipinski definition) is 5. The van der Waals surface area contributed by atoms with Gasteiger partial charge in [0.25, 0.3) is 0 Å². The van der Waals surface area contributed by atoms with Gasteiger partial charge in [0.2, 0.25) is 0 Å². The van der Waals surface area contributed by atoms with E-state index in [1.807, 2.05) is 13.8 Å². The minimum absolute atomic E-state index is 0.120. The van der Waals surface area contributed by atoms with Gasteiger partial charge in [-0.15, -0.1) is 0 Å². The van der Waals surface area contributed by atoms with E-state index in [1.54, 1.807) is 0 Å². The van der Waals surface area contributed by atoms with Gasteiger partial charge < -0.3 is 25.2 Å². The molecular weight excluding hydrogens is 452 g/mol. The van der Waals surface area contributed by atoms with E-state index in [9.17, 15) is 15.3 Å². The van der Waals surface area contributed by atoms with Crippen LogP contribution in [0.3, 0.4) is 0 Å². The van der Waals surface area contributed by atoms with Crippen molar-refractivity contribution in [1.29, 1.82) is 0 Å². The van der Waals surface area contributed by atoms with Gasteiger partial charge in [0.1, 0.15) is 12.2 Å². The van der Waals surface area contributed by atoms with Crippen molar-refractivity contribution in [2.45, 2.75) is 122 Å². The van der Waals surface area contributed by atoms with Crippen LogP contribution < -0.4 is 0 Å². The van der Waals surface area contributed by atoms with E-state index in [1.165, 1.54) is 37.7 Å². The second kappa shape index (κ2) is 12.7. The van der Waals surface area contributed by atoms with Gasteiger partial charge >= 0.3 is 0 Å². The summed E-state index contributed by atoms with van der Waals surface area (Å²) in [4.78, 5) is 0. The monoisotopic (exact) mass is 504 g/mol. The highest BCUT2D eigenvalue weighted by Gasteiger charge is 2.50. The number of ether oxygens (including phenoxy) is 1. The van der Waals surface area contributed by atoms with Crippen LogP contribution in [-0.4, -0.2) is 57.6 Å². The van der Waals surface area contributed by atoms with Crippen molar-refractivity contribution >= 4 is 0 Å². The van der Waals surface area contributed by atoms with Crippen molar-refractivity contribution in [2.75, 3.05) is 13.2 Å². The molecule has 0 aromatic rings. The average molecular weight is 505 g/mol. The molecule has 0 unspecified atom stereocenters. The quantitative estimate of drug-likeness (QED) is 0.280. The Kier molecular flexibility index (Phi) is 10.4. The highest BCUT2D eigenvalue weighted by molar-refractivity contribution is 5.40. The molecule has 0 amide bonds. The van der Waals surface area contributed by atoms with Crippen LogP contribution in [0.1, 0.15) is 98.3 Å². The van der Waals surface area contributed by atoms with Gasteiger partial charge in [-0.3, -0.25) is 0 Å². The minimum atomic E-state index is -0.912. The predicted octanol–water partition coefficient (Wildman–Crippen LogP) is 5.47. The molecule has 7 atom stereocenters. The summed E-state index contributed by atoms with van der Waals surface area (Å²) in [5.41, 5.74) is 2.83. The van der Waals surface area contributed by atoms with Crippen molar-refractivity contribution in [1.82, 2.24) is 0 Å². The number of aliphatic hydroxyl groups is 4. The van der Waals surface area contributed by atoms with Gasteiger partial charge in [-0.2, -0.15) is 0 Å². The Hall–Kier alpha value is -0.980. The smallest absolute Gasteiger partial charge is 0.114 e. The molecule has 0 spiro atoms. The van der Waals surface area contributed by atoms with Gasteiger partial charge in [0, 0.05) is 19.6 Å². The van der Waals surface area contributed by atoms with E-state index in [0.717, 1.165) is 30.8 Å². The standard InChI is InChI=1S/C31H52O5/c1-21(10-8-16-30(3,4)35)25-14-15-26-23(11-9-17-31(25,26)5)12-13-24-20-27(33)29(28(34)22(24)2)36-19-7-6-18-32/h12-13,21,25-29,32-35H,2,6-11,14-20H2,1,3-5H3/b23-12+,24-13-/t21-,25-,26-,27-,28-,29-,31-/m1/s1. The van der Waals surface area contributed by atoms with Crippen LogP contribution in [0.5, 0.6) is 0 Å². The van der Waals surface area contributed by atoms with E-state index < -0.39 is 23.9 Å². The number of fused-ring (bicyclic) bond motifs is 1. The largest absolute Gasteiger partial charge is 0.396 e. The lowest BCUT2D eigenvalue weighted by molar-refractivity contribution is -0.0958. The molecule has 3 aliphatic rings. The summed E-state index contributed by atoms with van der Waals surface area (Å²) >= 11 is 0. The third kappa shape index (κ3) is 7.11. The fourth-order valence-electron chi connectivity index (χ4n) is 7.36. The summed E-state index contributed by atoms with van der Waals surface area (Å²) in [5, 5.41) is 40.5. The Morgan fingerprint density at radius 3 is 2.61 bits per heavy atom. The fourth-order valence-corrected chi connectivity index (χ4v) is 7.36. The molecule has 3 aliphatic carbocycles. The normalized spacial score (nSPS) is 36.4. The second-order valence-electron chi connectivity index (χ2n) is 12.7. The zero-order valence-corrected chi connectivity index (χ0v) is 23.2. The number of unbranched alkanes of at least 4 members (excludes halogenated alkanes) is 1. The van der Waals surface area contributed by atoms with E-state index >= 15 is 0 Å². The summed E-state index contributed by atoms with van der Waals surface area (Å²) in [5.74, 6) is 1.98. The maximum atomic E-state index is 10.8. The molecule has 0 radical (unpaired) electrons. The zero-order valence-electron chi connectivity index (χ0n) is 23.2. The summed E-state index contributed by atoms with van der Waals surface area (Å²) < 4.78 is 5.74. The Morgan fingerprint density at radius 1 is 1.17 bits per heavy atom. The summed E-state index contributed by atoms with van der Waals surface area (Å²) in [6.45, 7) is 13.4. The molecule has 3 rings (SSSR count). The number of aliphatic hydroxyl groups excluding tert-OH is 3. The van der Waals surface area contributed by atoms with Crippen molar-refractivity contribution < 1.29 is 25.2 Å². The molecule has 4 N–H and O–H groups in total. The molecule has 5 nitrogen and oxygen atoms in total. The number of hydrogen-bond donors (Lipinski definition) is 4. The summed E-state index contributed by atoms with van der Waals surface area (Å²) in [7, 11) is 0. The van der Waals surface area contributed by atoms with Gasteiger partial charge in [0.15, 0.2) is 0 Å². The third-order valence-electron chi connectivity index (χ3n) is 9.42. The first-order valence-electron chi connectivity index (χ1n) is 14.4. The van der Waals surface area contributed by atoms with Crippen LogP contribution >= 0.6 is 0 Å². The van der Waals surface area contributed by atoms with E-state index in [4.69, 9.17) is 9.84 Å². The van der Waals surface area contributed by atoms with Gasteiger partial charge in [-0.25, -0.2) is 0 Å². The van der Waals surface area contributed by atoms with Crippen molar-refractivity contribution in [3.63, 3.8) is 0 Å². The first kappa shape index (κ1) is 29.6. The van der Waals surface area contributed by atoms with Gasteiger partial charge in [-0.05, 0) is 99.5 Å². The molecule has 3 saturated carbocycles. The van der Waals surface area contributed by atoms with Crippen LogP contribution in [0.15, 0.2) is 35.5 Å². The molecule has 0 aromatic heterocycles. The Bertz CT molecular complexity index is 793. The molecule has 0 aliphatic heterocycles. The lowest BCUT2D eigenvalue weighted by atomic mass is 9.60. The molecule has 206 valence electrons. The Labute approximate surface area is 219 Å². The molecule has 0 saturated heterocycles. The van der Waals surface area contributed by atoms with E-state index in [0.29, 0.717) is 48.7 Å².